The summed E-state index contributed by atoms with van der Waals surface area (Å²) in [6.45, 7) is 0. The van der Waals surface area contributed by atoms with Crippen LogP contribution in [0.25, 0.3) is 0 Å². The molecule has 3 nitrogen and oxygen atoms in total. The summed E-state index contributed by atoms with van der Waals surface area (Å²) in [5.41, 5.74) is 0.818. The zero-order valence-electron chi connectivity index (χ0n) is 10.4. The number of carbonyl (C=O) groups is 2. The Labute approximate surface area is 119 Å². The lowest BCUT2D eigenvalue weighted by atomic mass is 10.1. The first-order valence-corrected chi connectivity index (χ1v) is 6.99. The van der Waals surface area contributed by atoms with Crippen molar-refractivity contribution in [2.24, 2.45) is 0 Å². The smallest absolute Gasteiger partial charge is 0.262 e. The van der Waals surface area contributed by atoms with Crippen LogP contribution in [0.5, 0.6) is 0 Å². The zero-order valence-corrected chi connectivity index (χ0v) is 11.2. The number of benzene rings is 2. The van der Waals surface area contributed by atoms with E-state index in [9.17, 15) is 14.0 Å². The highest BCUT2D eigenvalue weighted by atomic mass is 32.2. The number of halogens is 1. The molecule has 0 aromatic heterocycles. The summed E-state index contributed by atoms with van der Waals surface area (Å²) in [6.07, 6.45) is 0. The summed E-state index contributed by atoms with van der Waals surface area (Å²) in [5, 5.41) is 0. The first-order chi connectivity index (χ1) is 9.68. The van der Waals surface area contributed by atoms with Crippen molar-refractivity contribution in [3.05, 3.63) is 65.5 Å². The SMILES string of the molecule is O=C1c2ccccc2C(=O)N1CSc1ccccc1F. The van der Waals surface area contributed by atoms with Gasteiger partial charge in [0.15, 0.2) is 0 Å². The third-order valence-corrected chi connectivity index (χ3v) is 4.09. The van der Waals surface area contributed by atoms with Crippen molar-refractivity contribution in [1.82, 2.24) is 4.90 Å². The molecule has 1 aliphatic heterocycles. The highest BCUT2D eigenvalue weighted by Gasteiger charge is 2.34. The number of rotatable bonds is 3. The van der Waals surface area contributed by atoms with Gasteiger partial charge in [-0.15, -0.1) is 11.8 Å². The van der Waals surface area contributed by atoms with Crippen molar-refractivity contribution in [3.63, 3.8) is 0 Å². The molecule has 1 heterocycles. The molecule has 2 aromatic carbocycles. The normalized spacial score (nSPS) is 13.8. The fourth-order valence-corrected chi connectivity index (χ4v) is 2.94. The number of carbonyl (C=O) groups excluding carboxylic acids is 2. The van der Waals surface area contributed by atoms with Crippen LogP contribution in [-0.2, 0) is 0 Å². The maximum atomic E-state index is 13.5. The number of nitrogens with zero attached hydrogens (tertiary/aromatic N) is 1. The Balaban J connectivity index is 1.79. The lowest BCUT2D eigenvalue weighted by Crippen LogP contribution is -2.29. The van der Waals surface area contributed by atoms with Crippen molar-refractivity contribution in [2.75, 3.05) is 5.88 Å². The number of hydrogen-bond donors (Lipinski definition) is 0. The molecule has 0 N–H and O–H groups in total. The van der Waals surface area contributed by atoms with E-state index in [1.54, 1.807) is 42.5 Å². The van der Waals surface area contributed by atoms with Crippen LogP contribution in [0, 0.1) is 5.82 Å². The Kier molecular flexibility index (Phi) is 3.28. The van der Waals surface area contributed by atoms with E-state index < -0.39 is 0 Å². The summed E-state index contributed by atoms with van der Waals surface area (Å²) in [5.74, 6) is -0.897. The van der Waals surface area contributed by atoms with Crippen LogP contribution in [0.4, 0.5) is 4.39 Å². The molecule has 0 saturated carbocycles. The lowest BCUT2D eigenvalue weighted by molar-refractivity contribution is 0.0684. The van der Waals surface area contributed by atoms with E-state index in [4.69, 9.17) is 0 Å². The van der Waals surface area contributed by atoms with Gasteiger partial charge in [-0.2, -0.15) is 0 Å². The molecule has 0 spiro atoms. The summed E-state index contributed by atoms with van der Waals surface area (Å²) in [7, 11) is 0. The van der Waals surface area contributed by atoms with Gasteiger partial charge in [-0.1, -0.05) is 24.3 Å². The van der Waals surface area contributed by atoms with Crippen LogP contribution in [0.1, 0.15) is 20.7 Å². The fraction of sp³-hybridized carbons (Fsp3) is 0.0667. The van der Waals surface area contributed by atoms with Gasteiger partial charge >= 0.3 is 0 Å². The predicted molar refractivity (Wildman–Crippen MR) is 74.1 cm³/mol. The van der Waals surface area contributed by atoms with Crippen molar-refractivity contribution in [1.29, 1.82) is 0 Å². The molecule has 2 aromatic rings. The second kappa shape index (κ2) is 5.09. The number of thioether (sulfide) groups is 1. The van der Waals surface area contributed by atoms with Crippen LogP contribution < -0.4 is 0 Å². The molecule has 0 saturated heterocycles. The van der Waals surface area contributed by atoms with Crippen LogP contribution in [0.15, 0.2) is 53.4 Å². The fourth-order valence-electron chi connectivity index (χ4n) is 2.05. The Morgan fingerprint density at radius 1 is 0.900 bits per heavy atom. The van der Waals surface area contributed by atoms with E-state index >= 15 is 0 Å². The Bertz CT molecular complexity index is 667. The van der Waals surface area contributed by atoms with Crippen LogP contribution in [-0.4, -0.2) is 22.6 Å². The van der Waals surface area contributed by atoms with E-state index in [2.05, 4.69) is 0 Å². The van der Waals surface area contributed by atoms with E-state index in [-0.39, 0.29) is 23.5 Å². The highest BCUT2D eigenvalue weighted by Crippen LogP contribution is 2.28. The van der Waals surface area contributed by atoms with Gasteiger partial charge in [0.05, 0.1) is 17.0 Å². The topological polar surface area (TPSA) is 37.4 Å². The molecule has 0 unspecified atom stereocenters. The average molecular weight is 287 g/mol. The predicted octanol–water partition coefficient (Wildman–Crippen LogP) is 3.17. The van der Waals surface area contributed by atoms with Crippen molar-refractivity contribution in [3.8, 4) is 0 Å². The second-order valence-electron chi connectivity index (χ2n) is 4.29. The summed E-state index contributed by atoms with van der Waals surface area (Å²) < 4.78 is 13.5. The maximum absolute atomic E-state index is 13.5. The minimum absolute atomic E-state index is 0.104. The molecule has 20 heavy (non-hydrogen) atoms. The molecular weight excluding hydrogens is 277 g/mol. The molecule has 0 radical (unpaired) electrons. The Morgan fingerprint density at radius 3 is 2.05 bits per heavy atom. The number of amides is 2. The van der Waals surface area contributed by atoms with Gasteiger partial charge in [0.2, 0.25) is 0 Å². The largest absolute Gasteiger partial charge is 0.269 e. The van der Waals surface area contributed by atoms with Gasteiger partial charge in [-0.3, -0.25) is 14.5 Å². The third-order valence-electron chi connectivity index (χ3n) is 3.06. The van der Waals surface area contributed by atoms with E-state index in [1.165, 1.54) is 6.07 Å². The Morgan fingerprint density at radius 2 is 1.45 bits per heavy atom. The summed E-state index contributed by atoms with van der Waals surface area (Å²) in [4.78, 5) is 25.8. The van der Waals surface area contributed by atoms with E-state index in [0.29, 0.717) is 16.0 Å². The van der Waals surface area contributed by atoms with Gasteiger partial charge in [0.1, 0.15) is 5.82 Å². The molecule has 100 valence electrons. The molecular formula is C15H10FNO2S. The van der Waals surface area contributed by atoms with E-state index in [0.717, 1.165) is 16.7 Å². The molecule has 0 atom stereocenters. The first-order valence-electron chi connectivity index (χ1n) is 6.01. The summed E-state index contributed by atoms with van der Waals surface area (Å²) in [6, 6.07) is 13.0. The maximum Gasteiger partial charge on any atom is 0.262 e. The van der Waals surface area contributed by atoms with Crippen molar-refractivity contribution >= 4 is 23.6 Å². The molecule has 0 fully saturated rings. The van der Waals surface area contributed by atoms with Crippen LogP contribution in [0.2, 0.25) is 0 Å². The minimum atomic E-state index is -0.353. The van der Waals surface area contributed by atoms with Gasteiger partial charge in [-0.05, 0) is 24.3 Å². The Hall–Kier alpha value is -2.14. The van der Waals surface area contributed by atoms with Crippen LogP contribution >= 0.6 is 11.8 Å². The molecule has 5 heteroatoms. The van der Waals surface area contributed by atoms with Gasteiger partial charge < -0.3 is 0 Å². The number of hydrogen-bond acceptors (Lipinski definition) is 3. The minimum Gasteiger partial charge on any atom is -0.269 e. The van der Waals surface area contributed by atoms with Crippen LogP contribution in [0.3, 0.4) is 0 Å². The van der Waals surface area contributed by atoms with Gasteiger partial charge in [0, 0.05) is 4.90 Å². The molecule has 1 aliphatic rings. The number of fused-ring (bicyclic) bond motifs is 1. The van der Waals surface area contributed by atoms with Crippen molar-refractivity contribution < 1.29 is 14.0 Å². The highest BCUT2D eigenvalue weighted by molar-refractivity contribution is 7.99. The molecule has 0 bridgehead atoms. The zero-order chi connectivity index (χ0) is 14.1. The van der Waals surface area contributed by atoms with E-state index in [1.807, 2.05) is 0 Å². The third kappa shape index (κ3) is 2.10. The van der Waals surface area contributed by atoms with Gasteiger partial charge in [0.25, 0.3) is 11.8 Å². The second-order valence-corrected chi connectivity index (χ2v) is 5.27. The summed E-state index contributed by atoms with van der Waals surface area (Å²) >= 11 is 1.13. The lowest BCUT2D eigenvalue weighted by Gasteiger charge is -2.13. The monoisotopic (exact) mass is 287 g/mol. The quantitative estimate of drug-likeness (QED) is 0.643. The molecule has 3 rings (SSSR count). The molecule has 2 amide bonds. The van der Waals surface area contributed by atoms with Gasteiger partial charge in [-0.25, -0.2) is 4.39 Å². The first kappa shape index (κ1) is 12.9. The standard InChI is InChI=1S/C15H10FNO2S/c16-12-7-3-4-8-13(12)20-9-17-14(18)10-5-1-2-6-11(10)15(17)19/h1-8H,9H2. The van der Waals surface area contributed by atoms with Crippen molar-refractivity contribution in [2.45, 2.75) is 4.90 Å². The average Bonchev–Trinajstić information content (AvgIpc) is 2.71. The number of imide groups is 1. The molecule has 0 aliphatic carbocycles.